The lowest BCUT2D eigenvalue weighted by atomic mass is 10.1. The van der Waals surface area contributed by atoms with Gasteiger partial charge in [0.25, 0.3) is 5.91 Å². The number of carbonyl (C=O) groups excluding carboxylic acids is 2. The molecule has 0 atom stereocenters. The van der Waals surface area contributed by atoms with Gasteiger partial charge in [0, 0.05) is 37.6 Å². The third kappa shape index (κ3) is 5.80. The summed E-state index contributed by atoms with van der Waals surface area (Å²) in [5.74, 6) is -0.679. The highest BCUT2D eigenvalue weighted by Gasteiger charge is 2.24. The molecule has 37 heavy (non-hydrogen) atoms. The number of halogens is 1. The summed E-state index contributed by atoms with van der Waals surface area (Å²) in [6, 6.07) is 23.5. The summed E-state index contributed by atoms with van der Waals surface area (Å²) in [7, 11) is 0. The number of carbonyl (C=O) groups is 2. The molecule has 0 spiro atoms. The van der Waals surface area contributed by atoms with Gasteiger partial charge in [-0.05, 0) is 65.3 Å². The molecule has 1 saturated heterocycles. The van der Waals surface area contributed by atoms with E-state index < -0.39 is 5.82 Å². The number of H-pyrrole nitrogens is 1. The van der Waals surface area contributed by atoms with Crippen molar-refractivity contribution in [3.05, 3.63) is 96.6 Å². The van der Waals surface area contributed by atoms with Crippen molar-refractivity contribution in [2.24, 2.45) is 0 Å². The van der Waals surface area contributed by atoms with Crippen LogP contribution >= 0.6 is 11.8 Å². The first-order chi connectivity index (χ1) is 18.1. The topological polar surface area (TPSA) is 85.2 Å². The van der Waals surface area contributed by atoms with Crippen molar-refractivity contribution in [3.8, 4) is 5.69 Å². The smallest absolute Gasteiger partial charge is 0.368 e. The standard InChI is InChI=1S/C27H25FN6O2S/c28-24-9-5-4-8-23(24)26(36)33-16-14-32(15-17-33)21-12-10-20(11-13-21)31-25(35)18-37-27-29-19-30-34(27)22-6-2-1-3-7-22/h1-13,19H,14-18H2,(H,31,35)/p+1. The van der Waals surface area contributed by atoms with Crippen molar-refractivity contribution in [2.45, 2.75) is 5.16 Å². The fourth-order valence-electron chi connectivity index (χ4n) is 4.17. The molecule has 1 fully saturated rings. The molecule has 4 aromatic rings. The lowest BCUT2D eigenvalue weighted by Gasteiger charge is -2.36. The number of hydrogen-bond acceptors (Lipinski definition) is 5. The van der Waals surface area contributed by atoms with E-state index in [9.17, 15) is 14.0 Å². The van der Waals surface area contributed by atoms with Crippen molar-refractivity contribution >= 4 is 35.0 Å². The first-order valence-electron chi connectivity index (χ1n) is 11.9. The highest BCUT2D eigenvalue weighted by atomic mass is 32.2. The second kappa shape index (κ2) is 11.3. The van der Waals surface area contributed by atoms with Crippen LogP contribution in [0.15, 0.2) is 90.3 Å². The van der Waals surface area contributed by atoms with Crippen molar-refractivity contribution in [1.29, 1.82) is 0 Å². The van der Waals surface area contributed by atoms with E-state index in [1.54, 1.807) is 23.4 Å². The summed E-state index contributed by atoms with van der Waals surface area (Å²) >= 11 is 1.35. The van der Waals surface area contributed by atoms with E-state index in [0.29, 0.717) is 37.0 Å². The summed E-state index contributed by atoms with van der Waals surface area (Å²) < 4.78 is 15.8. The molecule has 10 heteroatoms. The number of hydrogen-bond donors (Lipinski definition) is 2. The molecule has 0 saturated carbocycles. The number of anilines is 2. The highest BCUT2D eigenvalue weighted by molar-refractivity contribution is 7.99. The number of thioether (sulfide) groups is 1. The predicted octanol–water partition coefficient (Wildman–Crippen LogP) is 3.52. The Morgan fingerprint density at radius 2 is 1.65 bits per heavy atom. The Balaban J connectivity index is 1.11. The van der Waals surface area contributed by atoms with Crippen LogP contribution in [0.3, 0.4) is 0 Å². The van der Waals surface area contributed by atoms with Crippen LogP contribution in [0.2, 0.25) is 0 Å². The summed E-state index contributed by atoms with van der Waals surface area (Å²) in [5.41, 5.74) is 2.76. The zero-order valence-electron chi connectivity index (χ0n) is 20.0. The van der Waals surface area contributed by atoms with Crippen LogP contribution in [0.5, 0.6) is 0 Å². The Kier molecular flexibility index (Phi) is 7.46. The molecule has 0 radical (unpaired) electrons. The van der Waals surface area contributed by atoms with Gasteiger partial charge in [-0.15, -0.1) is 4.68 Å². The molecule has 8 nitrogen and oxygen atoms in total. The summed E-state index contributed by atoms with van der Waals surface area (Å²) in [6.07, 6.45) is 1.60. The number of benzene rings is 3. The number of piperazine rings is 1. The molecule has 2 amide bonds. The quantitative estimate of drug-likeness (QED) is 0.290. The fraction of sp³-hybridized carbons (Fsp3) is 0.185. The van der Waals surface area contributed by atoms with E-state index in [4.69, 9.17) is 0 Å². The largest absolute Gasteiger partial charge is 0.385 e. The van der Waals surface area contributed by atoms with E-state index in [0.717, 1.165) is 11.4 Å². The van der Waals surface area contributed by atoms with Crippen molar-refractivity contribution < 1.29 is 18.7 Å². The van der Waals surface area contributed by atoms with Crippen LogP contribution < -0.4 is 14.9 Å². The van der Waals surface area contributed by atoms with Gasteiger partial charge >= 0.3 is 5.16 Å². The lowest BCUT2D eigenvalue weighted by Crippen LogP contribution is -2.49. The Hall–Kier alpha value is -4.18. The zero-order valence-corrected chi connectivity index (χ0v) is 20.8. The monoisotopic (exact) mass is 517 g/mol. The molecule has 2 heterocycles. The van der Waals surface area contributed by atoms with Gasteiger partial charge in [0.2, 0.25) is 12.2 Å². The van der Waals surface area contributed by atoms with Gasteiger partial charge in [0.1, 0.15) is 5.82 Å². The predicted molar refractivity (Wildman–Crippen MR) is 140 cm³/mol. The molecule has 2 N–H and O–H groups in total. The molecule has 1 aliphatic heterocycles. The number of aromatic nitrogens is 3. The molecule has 0 bridgehead atoms. The maximum atomic E-state index is 14.0. The average molecular weight is 518 g/mol. The molecular weight excluding hydrogens is 491 g/mol. The minimum Gasteiger partial charge on any atom is -0.368 e. The molecule has 3 aromatic carbocycles. The van der Waals surface area contributed by atoms with Crippen LogP contribution in [-0.4, -0.2) is 58.7 Å². The van der Waals surface area contributed by atoms with Gasteiger partial charge in [0.15, 0.2) is 5.69 Å². The van der Waals surface area contributed by atoms with E-state index in [1.807, 2.05) is 59.3 Å². The van der Waals surface area contributed by atoms with Crippen LogP contribution in [0.1, 0.15) is 10.4 Å². The van der Waals surface area contributed by atoms with Gasteiger partial charge < -0.3 is 15.1 Å². The first kappa shape index (κ1) is 24.5. The molecule has 1 aliphatic rings. The number of nitrogens with one attached hydrogen (secondary N) is 2. The summed E-state index contributed by atoms with van der Waals surface area (Å²) in [6.45, 7) is 2.32. The first-order valence-corrected chi connectivity index (χ1v) is 12.9. The summed E-state index contributed by atoms with van der Waals surface area (Å²) in [5, 5.41) is 6.69. The normalized spacial score (nSPS) is 13.4. The van der Waals surface area contributed by atoms with E-state index in [-0.39, 0.29) is 23.1 Å². The molecule has 5 rings (SSSR count). The van der Waals surface area contributed by atoms with Crippen LogP contribution in [0.25, 0.3) is 5.69 Å². The second-order valence-electron chi connectivity index (χ2n) is 8.48. The van der Waals surface area contributed by atoms with Crippen molar-refractivity contribution in [1.82, 2.24) is 15.0 Å². The Morgan fingerprint density at radius 3 is 2.38 bits per heavy atom. The maximum Gasteiger partial charge on any atom is 0.385 e. The number of aromatic amines is 1. The fourth-order valence-corrected chi connectivity index (χ4v) is 4.92. The van der Waals surface area contributed by atoms with E-state index in [1.165, 1.54) is 23.9 Å². The molecule has 1 aromatic heterocycles. The molecule has 0 aliphatic carbocycles. The summed E-state index contributed by atoms with van der Waals surface area (Å²) in [4.78, 5) is 33.3. The zero-order chi connectivity index (χ0) is 25.6. The SMILES string of the molecule is O=C(CSc1nc[nH][n+]1-c1ccccc1)Nc1ccc(N2CCN(C(=O)c3ccccc3F)CC2)cc1. The highest BCUT2D eigenvalue weighted by Crippen LogP contribution is 2.21. The Morgan fingerprint density at radius 1 is 0.946 bits per heavy atom. The second-order valence-corrected chi connectivity index (χ2v) is 9.43. The van der Waals surface area contributed by atoms with Crippen molar-refractivity contribution in [3.63, 3.8) is 0 Å². The number of nitrogens with zero attached hydrogens (tertiary/aromatic N) is 4. The van der Waals surface area contributed by atoms with Gasteiger partial charge in [-0.2, -0.15) is 5.10 Å². The number of rotatable bonds is 7. The van der Waals surface area contributed by atoms with Gasteiger partial charge in [0.05, 0.1) is 11.3 Å². The van der Waals surface area contributed by atoms with Gasteiger partial charge in [-0.25, -0.2) is 4.39 Å². The van der Waals surface area contributed by atoms with Crippen molar-refractivity contribution in [2.75, 3.05) is 42.1 Å². The minimum atomic E-state index is -0.495. The number of amides is 2. The minimum absolute atomic E-state index is 0.108. The third-order valence-corrected chi connectivity index (χ3v) is 7.04. The van der Waals surface area contributed by atoms with Crippen LogP contribution in [-0.2, 0) is 4.79 Å². The van der Waals surface area contributed by atoms with E-state index in [2.05, 4.69) is 20.3 Å². The third-order valence-electron chi connectivity index (χ3n) is 6.09. The van der Waals surface area contributed by atoms with Crippen LogP contribution in [0, 0.1) is 5.82 Å². The molecule has 0 unspecified atom stereocenters. The average Bonchev–Trinajstić information content (AvgIpc) is 3.42. The Labute approximate surface area is 218 Å². The maximum absolute atomic E-state index is 14.0. The Bertz CT molecular complexity index is 1370. The lowest BCUT2D eigenvalue weighted by molar-refractivity contribution is -0.694. The molecular formula is C27H26FN6O2S+. The molecule has 188 valence electrons. The van der Waals surface area contributed by atoms with Gasteiger partial charge in [-0.3, -0.25) is 9.59 Å². The van der Waals surface area contributed by atoms with Gasteiger partial charge in [-0.1, -0.05) is 30.3 Å². The number of para-hydroxylation sites is 1. The van der Waals surface area contributed by atoms with Crippen LogP contribution in [0.4, 0.5) is 15.8 Å². The van der Waals surface area contributed by atoms with E-state index >= 15 is 0 Å².